The molecule has 152 valence electrons. The second-order valence-corrected chi connectivity index (χ2v) is 8.51. The molecule has 2 fully saturated rings. The van der Waals surface area contributed by atoms with Crippen molar-refractivity contribution in [1.29, 1.82) is 0 Å². The molecule has 7 heteroatoms. The van der Waals surface area contributed by atoms with Crippen molar-refractivity contribution in [2.24, 2.45) is 5.92 Å². The van der Waals surface area contributed by atoms with E-state index in [-0.39, 0.29) is 24.2 Å². The Labute approximate surface area is 179 Å². The number of benzene rings is 2. The number of nitrogens with zero attached hydrogens (tertiary/aromatic N) is 3. The van der Waals surface area contributed by atoms with Crippen LogP contribution in [0.2, 0.25) is 0 Å². The lowest BCUT2D eigenvalue weighted by Crippen LogP contribution is -2.44. The van der Waals surface area contributed by atoms with Crippen LogP contribution in [0.5, 0.6) is 0 Å². The van der Waals surface area contributed by atoms with Crippen LogP contribution in [0.3, 0.4) is 0 Å². The van der Waals surface area contributed by atoms with E-state index in [0.29, 0.717) is 6.54 Å². The van der Waals surface area contributed by atoms with E-state index >= 15 is 0 Å². The summed E-state index contributed by atoms with van der Waals surface area (Å²) in [5.41, 5.74) is 2.67. The molecule has 2 aromatic carbocycles. The second-order valence-electron chi connectivity index (χ2n) is 7.65. The molecule has 2 amide bonds. The number of hydrogen-bond donors (Lipinski definition) is 1. The minimum absolute atomic E-state index is 0.0237. The number of anilines is 3. The van der Waals surface area contributed by atoms with Crippen molar-refractivity contribution in [3.63, 3.8) is 0 Å². The zero-order chi connectivity index (χ0) is 20.4. The van der Waals surface area contributed by atoms with Crippen molar-refractivity contribution in [3.05, 3.63) is 53.0 Å². The van der Waals surface area contributed by atoms with Gasteiger partial charge in [0, 0.05) is 43.6 Å². The number of amides is 2. The highest BCUT2D eigenvalue weighted by Crippen LogP contribution is 2.33. The largest absolute Gasteiger partial charge is 0.367 e. The second kappa shape index (κ2) is 8.55. The molecule has 1 unspecified atom stereocenters. The summed E-state index contributed by atoms with van der Waals surface area (Å²) < 4.78 is 0.856. The van der Waals surface area contributed by atoms with Crippen LogP contribution in [0.4, 0.5) is 17.1 Å². The van der Waals surface area contributed by atoms with Gasteiger partial charge < -0.3 is 20.0 Å². The van der Waals surface area contributed by atoms with Gasteiger partial charge >= 0.3 is 0 Å². The summed E-state index contributed by atoms with van der Waals surface area (Å²) in [5, 5.41) is 3.08. The first kappa shape index (κ1) is 19.9. The molecule has 2 saturated heterocycles. The lowest BCUT2D eigenvalue weighted by molar-refractivity contribution is -0.122. The lowest BCUT2D eigenvalue weighted by Gasteiger charge is -2.35. The standard InChI is InChI=1S/C22H25BrN4O2/c1-25-10-12-26(13-11-25)20-9-5-3-7-18(20)24-22(29)16-14-21(28)27(15-16)19-8-4-2-6-17(19)23/h2-9,16H,10-15H2,1H3,(H,24,29). The summed E-state index contributed by atoms with van der Waals surface area (Å²) in [6.45, 7) is 4.26. The molecule has 0 aromatic heterocycles. The summed E-state index contributed by atoms with van der Waals surface area (Å²) in [7, 11) is 2.12. The molecule has 6 nitrogen and oxygen atoms in total. The molecule has 0 bridgehead atoms. The van der Waals surface area contributed by atoms with Crippen molar-refractivity contribution in [3.8, 4) is 0 Å². The van der Waals surface area contributed by atoms with E-state index in [9.17, 15) is 9.59 Å². The topological polar surface area (TPSA) is 55.9 Å². The molecule has 4 rings (SSSR count). The van der Waals surface area contributed by atoms with Crippen LogP contribution >= 0.6 is 15.9 Å². The van der Waals surface area contributed by atoms with E-state index in [1.807, 2.05) is 48.5 Å². The van der Waals surface area contributed by atoms with E-state index < -0.39 is 0 Å². The van der Waals surface area contributed by atoms with Crippen LogP contribution in [0.15, 0.2) is 53.0 Å². The molecular formula is C22H25BrN4O2. The maximum absolute atomic E-state index is 13.0. The number of para-hydroxylation sites is 3. The zero-order valence-electron chi connectivity index (χ0n) is 16.5. The number of carbonyl (C=O) groups excluding carboxylic acids is 2. The van der Waals surface area contributed by atoms with Crippen molar-refractivity contribution in [2.75, 3.05) is 54.9 Å². The van der Waals surface area contributed by atoms with E-state index in [4.69, 9.17) is 0 Å². The summed E-state index contributed by atoms with van der Waals surface area (Å²) >= 11 is 3.50. The Morgan fingerprint density at radius 1 is 1.00 bits per heavy atom. The molecule has 2 aliphatic rings. The van der Waals surface area contributed by atoms with Gasteiger partial charge in [0.15, 0.2) is 0 Å². The van der Waals surface area contributed by atoms with Gasteiger partial charge in [-0.25, -0.2) is 0 Å². The molecule has 2 aliphatic heterocycles. The third-order valence-electron chi connectivity index (χ3n) is 5.64. The van der Waals surface area contributed by atoms with Crippen LogP contribution in [0, 0.1) is 5.92 Å². The summed E-state index contributed by atoms with van der Waals surface area (Å²) in [5.74, 6) is -0.492. The molecule has 0 aliphatic carbocycles. The third kappa shape index (κ3) is 4.31. The fourth-order valence-electron chi connectivity index (χ4n) is 3.92. The van der Waals surface area contributed by atoms with Gasteiger partial charge in [-0.3, -0.25) is 9.59 Å². The number of carbonyl (C=O) groups is 2. The van der Waals surface area contributed by atoms with Crippen LogP contribution in [-0.4, -0.2) is 56.5 Å². The number of halogens is 1. The monoisotopic (exact) mass is 456 g/mol. The molecule has 0 spiro atoms. The normalized spacial score (nSPS) is 20.2. The lowest BCUT2D eigenvalue weighted by atomic mass is 10.1. The van der Waals surface area contributed by atoms with Crippen LogP contribution in [0.25, 0.3) is 0 Å². The first-order valence-electron chi connectivity index (χ1n) is 9.91. The maximum Gasteiger partial charge on any atom is 0.229 e. The van der Waals surface area contributed by atoms with Crippen molar-refractivity contribution in [1.82, 2.24) is 4.90 Å². The van der Waals surface area contributed by atoms with Gasteiger partial charge in [-0.15, -0.1) is 0 Å². The predicted molar refractivity (Wildman–Crippen MR) is 119 cm³/mol. The van der Waals surface area contributed by atoms with Crippen LogP contribution in [0.1, 0.15) is 6.42 Å². The SMILES string of the molecule is CN1CCN(c2ccccc2NC(=O)C2CC(=O)N(c3ccccc3Br)C2)CC1. The molecule has 2 heterocycles. The minimum Gasteiger partial charge on any atom is -0.367 e. The minimum atomic E-state index is -0.366. The Kier molecular flexibility index (Phi) is 5.87. The number of piperazine rings is 1. The molecule has 1 atom stereocenters. The number of hydrogen-bond acceptors (Lipinski definition) is 4. The van der Waals surface area contributed by atoms with E-state index in [0.717, 1.165) is 47.7 Å². The Hall–Kier alpha value is -2.38. The summed E-state index contributed by atoms with van der Waals surface area (Å²) in [6, 6.07) is 15.5. The van der Waals surface area contributed by atoms with Gasteiger partial charge in [0.2, 0.25) is 11.8 Å². The van der Waals surface area contributed by atoms with Gasteiger partial charge in [0.05, 0.1) is 23.0 Å². The Bertz CT molecular complexity index is 911. The number of nitrogens with one attached hydrogen (secondary N) is 1. The first-order chi connectivity index (χ1) is 14.0. The molecule has 1 N–H and O–H groups in total. The van der Waals surface area contributed by atoms with Crippen molar-refractivity contribution < 1.29 is 9.59 Å². The Balaban J connectivity index is 1.47. The number of rotatable bonds is 4. The highest BCUT2D eigenvalue weighted by molar-refractivity contribution is 9.10. The fraction of sp³-hybridized carbons (Fsp3) is 0.364. The van der Waals surface area contributed by atoms with Gasteiger partial charge in [-0.1, -0.05) is 24.3 Å². The molecular weight excluding hydrogens is 432 g/mol. The van der Waals surface area contributed by atoms with Gasteiger partial charge in [0.1, 0.15) is 0 Å². The summed E-state index contributed by atoms with van der Waals surface area (Å²) in [6.07, 6.45) is 0.226. The van der Waals surface area contributed by atoms with Gasteiger partial charge in [-0.05, 0) is 47.2 Å². The molecule has 0 saturated carbocycles. The number of likely N-dealkylation sites (N-methyl/N-ethyl adjacent to an activating group) is 1. The predicted octanol–water partition coefficient (Wildman–Crippen LogP) is 3.19. The first-order valence-corrected chi connectivity index (χ1v) is 10.7. The highest BCUT2D eigenvalue weighted by Gasteiger charge is 2.36. The van der Waals surface area contributed by atoms with E-state index in [1.165, 1.54) is 0 Å². The third-order valence-corrected chi connectivity index (χ3v) is 6.32. The molecule has 0 radical (unpaired) electrons. The van der Waals surface area contributed by atoms with Crippen LogP contribution in [-0.2, 0) is 9.59 Å². The zero-order valence-corrected chi connectivity index (χ0v) is 18.1. The van der Waals surface area contributed by atoms with Crippen LogP contribution < -0.4 is 15.1 Å². The van der Waals surface area contributed by atoms with Gasteiger partial charge in [0.25, 0.3) is 0 Å². The summed E-state index contributed by atoms with van der Waals surface area (Å²) in [4.78, 5) is 31.8. The molecule has 29 heavy (non-hydrogen) atoms. The van der Waals surface area contributed by atoms with E-state index in [2.05, 4.69) is 38.1 Å². The van der Waals surface area contributed by atoms with Gasteiger partial charge in [-0.2, -0.15) is 0 Å². The van der Waals surface area contributed by atoms with E-state index in [1.54, 1.807) is 4.90 Å². The Morgan fingerprint density at radius 3 is 2.38 bits per heavy atom. The maximum atomic E-state index is 13.0. The fourth-order valence-corrected chi connectivity index (χ4v) is 4.42. The van der Waals surface area contributed by atoms with Crippen molar-refractivity contribution >= 4 is 44.8 Å². The molecule has 2 aromatic rings. The average Bonchev–Trinajstić information content (AvgIpc) is 3.11. The highest BCUT2D eigenvalue weighted by atomic mass is 79.9. The average molecular weight is 457 g/mol. The Morgan fingerprint density at radius 2 is 1.66 bits per heavy atom. The smallest absolute Gasteiger partial charge is 0.229 e. The quantitative estimate of drug-likeness (QED) is 0.767. The van der Waals surface area contributed by atoms with Crippen molar-refractivity contribution in [2.45, 2.75) is 6.42 Å².